The summed E-state index contributed by atoms with van der Waals surface area (Å²) in [5, 5.41) is 6.76. The van der Waals surface area contributed by atoms with Crippen molar-refractivity contribution in [3.63, 3.8) is 0 Å². The van der Waals surface area contributed by atoms with Gasteiger partial charge < -0.3 is 25.0 Å². The molecule has 1 heterocycles. The number of nitrogens with zero attached hydrogens (tertiary/aromatic N) is 2. The highest BCUT2D eigenvalue weighted by atomic mass is 16.5. The van der Waals surface area contributed by atoms with Crippen LogP contribution in [-0.2, 0) is 14.3 Å². The minimum Gasteiger partial charge on any atom is -0.381 e. The molecule has 1 aliphatic heterocycles. The Morgan fingerprint density at radius 2 is 2.11 bits per heavy atom. The fraction of sp³-hybridized carbons (Fsp3) is 0.905. The Bertz CT molecular complexity index is 437. The Labute approximate surface area is 171 Å². The average Bonchev–Trinajstić information content (AvgIpc) is 3.21. The summed E-state index contributed by atoms with van der Waals surface area (Å²) in [6.07, 6.45) is 6.86. The lowest BCUT2D eigenvalue weighted by atomic mass is 9.99. The van der Waals surface area contributed by atoms with Crippen LogP contribution >= 0.6 is 0 Å². The van der Waals surface area contributed by atoms with Gasteiger partial charge in [-0.1, -0.05) is 33.1 Å². The van der Waals surface area contributed by atoms with Crippen LogP contribution in [0.25, 0.3) is 0 Å². The first-order valence-electron chi connectivity index (χ1n) is 10.9. The van der Waals surface area contributed by atoms with Gasteiger partial charge in [-0.2, -0.15) is 0 Å². The summed E-state index contributed by atoms with van der Waals surface area (Å²) in [7, 11) is 3.51. The summed E-state index contributed by atoms with van der Waals surface area (Å²) in [6.45, 7) is 9.47. The number of aliphatic imine (C=N–C) groups is 1. The molecule has 7 nitrogen and oxygen atoms in total. The Kier molecular flexibility index (Phi) is 13.7. The molecule has 0 bridgehead atoms. The molecule has 0 aromatic heterocycles. The second-order valence-corrected chi connectivity index (χ2v) is 7.84. The van der Waals surface area contributed by atoms with Crippen LogP contribution in [0.2, 0.25) is 0 Å². The number of guanidine groups is 1. The zero-order valence-corrected chi connectivity index (χ0v) is 18.5. The van der Waals surface area contributed by atoms with E-state index in [9.17, 15) is 4.79 Å². The van der Waals surface area contributed by atoms with Gasteiger partial charge in [0.15, 0.2) is 5.96 Å². The molecule has 1 fully saturated rings. The fourth-order valence-electron chi connectivity index (χ4n) is 2.99. The van der Waals surface area contributed by atoms with Gasteiger partial charge in [0.2, 0.25) is 5.91 Å². The Morgan fingerprint density at radius 1 is 1.29 bits per heavy atom. The third kappa shape index (κ3) is 11.5. The largest absolute Gasteiger partial charge is 0.381 e. The second-order valence-electron chi connectivity index (χ2n) is 7.84. The lowest BCUT2D eigenvalue weighted by Gasteiger charge is -2.19. The number of hydrogen-bond donors (Lipinski definition) is 2. The molecule has 0 radical (unpaired) electrons. The zero-order valence-electron chi connectivity index (χ0n) is 18.5. The number of amides is 1. The third-order valence-electron chi connectivity index (χ3n) is 5.11. The van der Waals surface area contributed by atoms with Crippen molar-refractivity contribution in [2.45, 2.75) is 52.4 Å². The molecule has 1 aliphatic rings. The highest BCUT2D eigenvalue weighted by molar-refractivity contribution is 5.84. The van der Waals surface area contributed by atoms with Gasteiger partial charge >= 0.3 is 0 Å². The van der Waals surface area contributed by atoms with Crippen LogP contribution in [0.1, 0.15) is 52.4 Å². The molecular weight excluding hydrogens is 356 g/mol. The number of carbonyl (C=O) groups is 1. The maximum Gasteiger partial charge on any atom is 0.243 e. The predicted octanol–water partition coefficient (Wildman–Crippen LogP) is 2.27. The van der Waals surface area contributed by atoms with E-state index >= 15 is 0 Å². The normalized spacial score (nSPS) is 18.1. The molecule has 164 valence electrons. The molecule has 2 N–H and O–H groups in total. The SMILES string of the molecule is CCCCC(CC)CNC(=NCC(=O)N(C)C)NCCCOCC1CCOC1. The Balaban J connectivity index is 2.34. The van der Waals surface area contributed by atoms with E-state index in [4.69, 9.17) is 9.47 Å². The summed E-state index contributed by atoms with van der Waals surface area (Å²) in [6, 6.07) is 0. The second kappa shape index (κ2) is 15.6. The predicted molar refractivity (Wildman–Crippen MR) is 115 cm³/mol. The molecule has 0 saturated carbocycles. The molecule has 28 heavy (non-hydrogen) atoms. The maximum atomic E-state index is 11.9. The molecule has 0 aromatic carbocycles. The first-order chi connectivity index (χ1) is 13.6. The van der Waals surface area contributed by atoms with Gasteiger partial charge in [-0.3, -0.25) is 4.79 Å². The van der Waals surface area contributed by atoms with Crippen molar-refractivity contribution in [1.29, 1.82) is 0 Å². The van der Waals surface area contributed by atoms with E-state index in [1.54, 1.807) is 19.0 Å². The summed E-state index contributed by atoms with van der Waals surface area (Å²) in [5.74, 6) is 1.90. The minimum absolute atomic E-state index is 0.00115. The monoisotopic (exact) mass is 398 g/mol. The number of carbonyl (C=O) groups excluding carboxylic acids is 1. The Morgan fingerprint density at radius 3 is 2.75 bits per heavy atom. The molecule has 1 rings (SSSR count). The van der Waals surface area contributed by atoms with E-state index in [2.05, 4.69) is 29.5 Å². The van der Waals surface area contributed by atoms with Crippen LogP contribution in [0.3, 0.4) is 0 Å². The van der Waals surface area contributed by atoms with Crippen LogP contribution in [0.4, 0.5) is 0 Å². The van der Waals surface area contributed by atoms with Crippen molar-refractivity contribution in [3.05, 3.63) is 0 Å². The third-order valence-corrected chi connectivity index (χ3v) is 5.11. The summed E-state index contributed by atoms with van der Waals surface area (Å²) in [4.78, 5) is 17.9. The van der Waals surface area contributed by atoms with Crippen molar-refractivity contribution in [2.75, 3.05) is 60.2 Å². The molecule has 1 amide bonds. The van der Waals surface area contributed by atoms with Crippen molar-refractivity contribution in [1.82, 2.24) is 15.5 Å². The molecule has 0 aromatic rings. The van der Waals surface area contributed by atoms with Gasteiger partial charge in [-0.15, -0.1) is 0 Å². The van der Waals surface area contributed by atoms with Gasteiger partial charge in [-0.05, 0) is 25.2 Å². The molecule has 1 saturated heterocycles. The van der Waals surface area contributed by atoms with E-state index in [0.717, 1.165) is 58.8 Å². The van der Waals surface area contributed by atoms with E-state index < -0.39 is 0 Å². The quantitative estimate of drug-likeness (QED) is 0.267. The van der Waals surface area contributed by atoms with Crippen LogP contribution in [-0.4, -0.2) is 76.9 Å². The number of rotatable bonds is 14. The lowest BCUT2D eigenvalue weighted by Crippen LogP contribution is -2.41. The summed E-state index contributed by atoms with van der Waals surface area (Å²) in [5.41, 5.74) is 0. The number of nitrogens with one attached hydrogen (secondary N) is 2. The smallest absolute Gasteiger partial charge is 0.243 e. The summed E-state index contributed by atoms with van der Waals surface area (Å²) >= 11 is 0. The fourth-order valence-corrected chi connectivity index (χ4v) is 2.99. The first-order valence-corrected chi connectivity index (χ1v) is 10.9. The maximum absolute atomic E-state index is 11.9. The lowest BCUT2D eigenvalue weighted by molar-refractivity contribution is -0.127. The van der Waals surface area contributed by atoms with Crippen molar-refractivity contribution in [3.8, 4) is 0 Å². The molecule has 7 heteroatoms. The molecule has 2 unspecified atom stereocenters. The van der Waals surface area contributed by atoms with Crippen LogP contribution in [0, 0.1) is 11.8 Å². The van der Waals surface area contributed by atoms with E-state index in [-0.39, 0.29) is 12.5 Å². The zero-order chi connectivity index (χ0) is 20.6. The van der Waals surface area contributed by atoms with Gasteiger partial charge in [0.25, 0.3) is 0 Å². The van der Waals surface area contributed by atoms with E-state index in [0.29, 0.717) is 17.8 Å². The number of ether oxygens (including phenoxy) is 2. The average molecular weight is 399 g/mol. The van der Waals surface area contributed by atoms with Crippen molar-refractivity contribution in [2.24, 2.45) is 16.8 Å². The van der Waals surface area contributed by atoms with E-state index in [1.807, 2.05) is 0 Å². The Hall–Kier alpha value is -1.34. The highest BCUT2D eigenvalue weighted by Crippen LogP contribution is 2.12. The van der Waals surface area contributed by atoms with Crippen LogP contribution < -0.4 is 10.6 Å². The molecule has 0 spiro atoms. The number of likely N-dealkylation sites (N-methyl/N-ethyl adjacent to an activating group) is 1. The van der Waals surface area contributed by atoms with Crippen LogP contribution in [0.15, 0.2) is 4.99 Å². The minimum atomic E-state index is 0.00115. The van der Waals surface area contributed by atoms with Gasteiger partial charge in [0.05, 0.1) is 13.2 Å². The molecule has 2 atom stereocenters. The van der Waals surface area contributed by atoms with Crippen LogP contribution in [0.5, 0.6) is 0 Å². The van der Waals surface area contributed by atoms with Gasteiger partial charge in [-0.25, -0.2) is 4.99 Å². The van der Waals surface area contributed by atoms with Crippen molar-refractivity contribution < 1.29 is 14.3 Å². The van der Waals surface area contributed by atoms with Crippen molar-refractivity contribution >= 4 is 11.9 Å². The highest BCUT2D eigenvalue weighted by Gasteiger charge is 2.15. The van der Waals surface area contributed by atoms with E-state index in [1.165, 1.54) is 19.3 Å². The number of hydrogen-bond acceptors (Lipinski definition) is 4. The number of unbranched alkanes of at least 4 members (excludes halogenated alkanes) is 1. The topological polar surface area (TPSA) is 75.2 Å². The summed E-state index contributed by atoms with van der Waals surface area (Å²) < 4.78 is 11.1. The first kappa shape index (κ1) is 24.7. The molecular formula is C21H42N4O3. The van der Waals surface area contributed by atoms with Gasteiger partial charge in [0, 0.05) is 46.3 Å². The van der Waals surface area contributed by atoms with Gasteiger partial charge in [0.1, 0.15) is 6.54 Å². The standard InChI is InChI=1S/C21H42N4O3/c1-5-7-9-18(6-2)14-23-21(24-15-20(26)25(3)4)22-11-8-12-27-16-19-10-13-28-17-19/h18-19H,5-17H2,1-4H3,(H2,22,23,24). The molecule has 0 aliphatic carbocycles.